The first kappa shape index (κ1) is 21.1. The fourth-order valence-corrected chi connectivity index (χ4v) is 3.07. The first-order chi connectivity index (χ1) is 14.6. The summed E-state index contributed by atoms with van der Waals surface area (Å²) in [7, 11) is 0. The van der Waals surface area contributed by atoms with Crippen molar-refractivity contribution in [3.63, 3.8) is 0 Å². The van der Waals surface area contributed by atoms with Gasteiger partial charge in [-0.05, 0) is 38.1 Å². The molecule has 0 aliphatic rings. The van der Waals surface area contributed by atoms with Crippen LogP contribution in [0.15, 0.2) is 59.1 Å². The van der Waals surface area contributed by atoms with Gasteiger partial charge in [-0.2, -0.15) is 5.26 Å². The zero-order chi connectivity index (χ0) is 21.3. The highest BCUT2D eigenvalue weighted by atomic mass is 16.5. The van der Waals surface area contributed by atoms with E-state index < -0.39 is 0 Å². The molecule has 30 heavy (non-hydrogen) atoms. The molecule has 0 radical (unpaired) electrons. The van der Waals surface area contributed by atoms with E-state index in [-0.39, 0.29) is 18.7 Å². The van der Waals surface area contributed by atoms with Gasteiger partial charge in [0.1, 0.15) is 5.75 Å². The Hall–Kier alpha value is -3.59. The predicted octanol–water partition coefficient (Wildman–Crippen LogP) is 4.93. The van der Waals surface area contributed by atoms with E-state index in [4.69, 9.17) is 14.4 Å². The maximum atomic E-state index is 12.9. The number of hydrogen-bond donors (Lipinski definition) is 0. The van der Waals surface area contributed by atoms with Crippen LogP contribution in [0, 0.1) is 18.3 Å². The number of nitrogens with zero attached hydrogens (tertiary/aromatic N) is 3. The van der Waals surface area contributed by atoms with E-state index in [1.54, 1.807) is 11.1 Å². The van der Waals surface area contributed by atoms with Crippen LogP contribution in [0.2, 0.25) is 0 Å². The van der Waals surface area contributed by atoms with Crippen LogP contribution in [-0.4, -0.2) is 24.0 Å². The smallest absolute Gasteiger partial charge is 0.227 e. The summed E-state index contributed by atoms with van der Waals surface area (Å²) >= 11 is 0. The number of benzene rings is 2. The fraction of sp³-hybridized carbons (Fsp3) is 0.292. The Balaban J connectivity index is 1.65. The molecule has 6 nitrogen and oxygen atoms in total. The van der Waals surface area contributed by atoms with E-state index in [1.165, 1.54) is 5.56 Å². The highest BCUT2D eigenvalue weighted by molar-refractivity contribution is 5.93. The molecule has 0 N–H and O–H groups in total. The number of aromatic nitrogens is 1. The van der Waals surface area contributed by atoms with Gasteiger partial charge in [0.15, 0.2) is 11.7 Å². The average molecular weight is 403 g/mol. The fourth-order valence-electron chi connectivity index (χ4n) is 3.07. The minimum Gasteiger partial charge on any atom is -0.494 e. The molecule has 2 aromatic carbocycles. The molecule has 0 saturated carbocycles. The molecule has 0 atom stereocenters. The second-order valence-electron chi connectivity index (χ2n) is 6.86. The normalized spacial score (nSPS) is 10.4. The summed E-state index contributed by atoms with van der Waals surface area (Å²) in [6, 6.07) is 17.4. The third-order valence-corrected chi connectivity index (χ3v) is 4.65. The first-order valence-electron chi connectivity index (χ1n) is 10.0. The molecule has 0 bridgehead atoms. The zero-order valence-corrected chi connectivity index (χ0v) is 17.3. The molecule has 0 unspecified atom stereocenters. The summed E-state index contributed by atoms with van der Waals surface area (Å²) in [4.78, 5) is 18.8. The molecule has 6 heteroatoms. The number of ether oxygens (including phenoxy) is 1. The van der Waals surface area contributed by atoms with Crippen LogP contribution in [0.5, 0.6) is 5.75 Å². The summed E-state index contributed by atoms with van der Waals surface area (Å²) in [6.45, 7) is 4.87. The van der Waals surface area contributed by atoms with Crippen molar-refractivity contribution in [1.29, 1.82) is 5.26 Å². The summed E-state index contributed by atoms with van der Waals surface area (Å²) in [5, 5.41) is 8.96. The largest absolute Gasteiger partial charge is 0.494 e. The summed E-state index contributed by atoms with van der Waals surface area (Å²) < 4.78 is 11.3. The van der Waals surface area contributed by atoms with Crippen molar-refractivity contribution in [1.82, 2.24) is 4.98 Å². The Morgan fingerprint density at radius 1 is 1.17 bits per heavy atom. The maximum absolute atomic E-state index is 12.9. The van der Waals surface area contributed by atoms with Gasteiger partial charge in [-0.1, -0.05) is 29.8 Å². The van der Waals surface area contributed by atoms with Crippen LogP contribution in [0.3, 0.4) is 0 Å². The number of oxazole rings is 1. The van der Waals surface area contributed by atoms with E-state index in [9.17, 15) is 4.79 Å². The number of nitriles is 1. The quantitative estimate of drug-likeness (QED) is 0.506. The highest BCUT2D eigenvalue weighted by Gasteiger charge is 2.17. The Kier molecular flexibility index (Phi) is 7.23. The van der Waals surface area contributed by atoms with Gasteiger partial charge < -0.3 is 14.1 Å². The van der Waals surface area contributed by atoms with Crippen molar-refractivity contribution in [2.45, 2.75) is 33.1 Å². The Morgan fingerprint density at radius 2 is 1.90 bits per heavy atom. The van der Waals surface area contributed by atoms with E-state index in [2.05, 4.69) is 11.1 Å². The molecule has 3 aromatic rings. The van der Waals surface area contributed by atoms with E-state index in [0.717, 1.165) is 17.0 Å². The van der Waals surface area contributed by atoms with Gasteiger partial charge in [0.2, 0.25) is 5.91 Å². The van der Waals surface area contributed by atoms with Gasteiger partial charge in [-0.25, -0.2) is 4.98 Å². The number of amides is 1. The zero-order valence-electron chi connectivity index (χ0n) is 17.3. The minimum atomic E-state index is -0.0792. The number of carbonyl (C=O) groups excluding carboxylic acids is 1. The third kappa shape index (κ3) is 5.48. The van der Waals surface area contributed by atoms with Crippen molar-refractivity contribution < 1.29 is 13.9 Å². The molecule has 0 aliphatic heterocycles. The molecule has 0 fully saturated rings. The van der Waals surface area contributed by atoms with Gasteiger partial charge in [-0.15, -0.1) is 0 Å². The number of carbonyl (C=O) groups is 1. The Bertz CT molecular complexity index is 1000. The minimum absolute atomic E-state index is 0.0792. The summed E-state index contributed by atoms with van der Waals surface area (Å²) in [6.07, 6.45) is 2.58. The predicted molar refractivity (Wildman–Crippen MR) is 115 cm³/mol. The summed E-state index contributed by atoms with van der Waals surface area (Å²) in [5.41, 5.74) is 2.87. The lowest BCUT2D eigenvalue weighted by molar-refractivity contribution is -0.118. The Morgan fingerprint density at radius 3 is 2.57 bits per heavy atom. The molecular weight excluding hydrogens is 378 g/mol. The molecule has 0 aliphatic carbocycles. The molecule has 3 rings (SSSR count). The number of hydrogen-bond acceptors (Lipinski definition) is 5. The topological polar surface area (TPSA) is 79.4 Å². The lowest BCUT2D eigenvalue weighted by atomic mass is 10.1. The second-order valence-corrected chi connectivity index (χ2v) is 6.86. The molecule has 1 amide bonds. The Labute approximate surface area is 176 Å². The van der Waals surface area contributed by atoms with Crippen LogP contribution < -0.4 is 9.64 Å². The van der Waals surface area contributed by atoms with E-state index >= 15 is 0 Å². The molecule has 154 valence electrons. The SMILES string of the molecule is CCOc1ccc(N(CCC#N)C(=O)CCc2ncc(-c3ccc(C)cc3)o2)cc1. The lowest BCUT2D eigenvalue weighted by Gasteiger charge is -2.22. The number of anilines is 1. The molecule has 1 aromatic heterocycles. The van der Waals surface area contributed by atoms with Crippen molar-refractivity contribution in [3.8, 4) is 23.1 Å². The molecule has 0 saturated heterocycles. The second kappa shape index (κ2) is 10.3. The van der Waals surface area contributed by atoms with Crippen LogP contribution in [-0.2, 0) is 11.2 Å². The van der Waals surface area contributed by atoms with Crippen LogP contribution in [0.1, 0.15) is 31.2 Å². The monoisotopic (exact) mass is 403 g/mol. The van der Waals surface area contributed by atoms with E-state index in [0.29, 0.717) is 31.2 Å². The van der Waals surface area contributed by atoms with Crippen molar-refractivity contribution in [2.24, 2.45) is 0 Å². The van der Waals surface area contributed by atoms with Gasteiger partial charge in [0, 0.05) is 30.6 Å². The number of aryl methyl sites for hydroxylation is 2. The first-order valence-corrected chi connectivity index (χ1v) is 10.0. The van der Waals surface area contributed by atoms with Gasteiger partial charge in [0.25, 0.3) is 0 Å². The molecule has 1 heterocycles. The summed E-state index contributed by atoms with van der Waals surface area (Å²) in [5.74, 6) is 1.87. The van der Waals surface area contributed by atoms with Crippen LogP contribution in [0.25, 0.3) is 11.3 Å². The van der Waals surface area contributed by atoms with Crippen LogP contribution >= 0.6 is 0 Å². The van der Waals surface area contributed by atoms with Crippen molar-refractivity contribution >= 4 is 11.6 Å². The third-order valence-electron chi connectivity index (χ3n) is 4.65. The average Bonchev–Trinajstić information content (AvgIpc) is 3.23. The lowest BCUT2D eigenvalue weighted by Crippen LogP contribution is -2.32. The van der Waals surface area contributed by atoms with E-state index in [1.807, 2.05) is 62.4 Å². The molecular formula is C24H25N3O3. The van der Waals surface area contributed by atoms with Gasteiger partial charge in [0.05, 0.1) is 25.3 Å². The van der Waals surface area contributed by atoms with Gasteiger partial charge in [-0.3, -0.25) is 4.79 Å². The standard InChI is InChI=1S/C24H25N3O3/c1-3-29-21-11-9-20(10-12-21)27(16-4-15-25)24(28)14-13-23-26-17-22(30-23)19-7-5-18(2)6-8-19/h5-12,17H,3-4,13-14,16H2,1-2H3. The number of rotatable bonds is 9. The highest BCUT2D eigenvalue weighted by Crippen LogP contribution is 2.23. The van der Waals surface area contributed by atoms with Crippen molar-refractivity contribution in [2.75, 3.05) is 18.1 Å². The van der Waals surface area contributed by atoms with Gasteiger partial charge >= 0.3 is 0 Å². The molecule has 0 spiro atoms. The van der Waals surface area contributed by atoms with Crippen molar-refractivity contribution in [3.05, 3.63) is 66.2 Å². The van der Waals surface area contributed by atoms with Crippen LogP contribution in [0.4, 0.5) is 5.69 Å². The maximum Gasteiger partial charge on any atom is 0.227 e.